The van der Waals surface area contributed by atoms with Gasteiger partial charge in [0.15, 0.2) is 0 Å². The predicted octanol–water partition coefficient (Wildman–Crippen LogP) is 1.86. The van der Waals surface area contributed by atoms with Gasteiger partial charge in [0, 0.05) is 38.4 Å². The summed E-state index contributed by atoms with van der Waals surface area (Å²) in [4.78, 5) is 9.40. The zero-order chi connectivity index (χ0) is 13.9. The molecule has 0 aromatic carbocycles. The summed E-state index contributed by atoms with van der Waals surface area (Å²) in [5.74, 6) is 1.10. The molecule has 1 aromatic rings. The minimum atomic E-state index is 0.594. The van der Waals surface area contributed by atoms with Crippen LogP contribution in [-0.2, 0) is 6.54 Å². The Morgan fingerprint density at radius 3 is 2.85 bits per heavy atom. The second-order valence-electron chi connectivity index (χ2n) is 6.35. The molecule has 1 saturated heterocycles. The summed E-state index contributed by atoms with van der Waals surface area (Å²) in [5, 5.41) is 3.53. The van der Waals surface area contributed by atoms with Gasteiger partial charge in [0.05, 0.1) is 0 Å². The number of pyridine rings is 1. The summed E-state index contributed by atoms with van der Waals surface area (Å²) < 4.78 is 0. The van der Waals surface area contributed by atoms with Crippen LogP contribution < -0.4 is 10.2 Å². The van der Waals surface area contributed by atoms with Crippen LogP contribution in [0.5, 0.6) is 0 Å². The smallest absolute Gasteiger partial charge is 0.128 e. The van der Waals surface area contributed by atoms with E-state index in [1.54, 1.807) is 0 Å². The molecule has 4 nitrogen and oxygen atoms in total. The van der Waals surface area contributed by atoms with E-state index in [1.807, 2.05) is 6.20 Å². The van der Waals surface area contributed by atoms with E-state index in [9.17, 15) is 0 Å². The van der Waals surface area contributed by atoms with E-state index in [4.69, 9.17) is 0 Å². The Bertz CT molecular complexity index is 427. The lowest BCUT2D eigenvalue weighted by molar-refractivity contribution is 0.247. The normalized spacial score (nSPS) is 23.8. The van der Waals surface area contributed by atoms with E-state index in [0.717, 1.165) is 24.9 Å². The molecule has 0 amide bonds. The molecule has 1 aromatic heterocycles. The van der Waals surface area contributed by atoms with Gasteiger partial charge in [0.1, 0.15) is 5.82 Å². The lowest BCUT2D eigenvalue weighted by Gasteiger charge is -2.36. The van der Waals surface area contributed by atoms with Crippen molar-refractivity contribution in [1.29, 1.82) is 0 Å². The Morgan fingerprint density at radius 2 is 2.20 bits per heavy atom. The number of hydrogen-bond donors (Lipinski definition) is 1. The van der Waals surface area contributed by atoms with Crippen molar-refractivity contribution in [3.05, 3.63) is 23.9 Å². The van der Waals surface area contributed by atoms with Crippen molar-refractivity contribution in [2.24, 2.45) is 0 Å². The monoisotopic (exact) mass is 274 g/mol. The van der Waals surface area contributed by atoms with Gasteiger partial charge < -0.3 is 15.1 Å². The minimum Gasteiger partial charge on any atom is -0.355 e. The zero-order valence-electron chi connectivity index (χ0n) is 12.7. The molecule has 0 radical (unpaired) electrons. The van der Waals surface area contributed by atoms with Gasteiger partial charge in [-0.25, -0.2) is 4.98 Å². The number of aromatic nitrogens is 1. The molecule has 1 N–H and O–H groups in total. The van der Waals surface area contributed by atoms with Gasteiger partial charge in [-0.1, -0.05) is 6.07 Å². The topological polar surface area (TPSA) is 31.4 Å². The molecule has 20 heavy (non-hydrogen) atoms. The first kappa shape index (κ1) is 13.8. The van der Waals surface area contributed by atoms with Crippen molar-refractivity contribution in [2.75, 3.05) is 32.1 Å². The molecule has 1 atom stereocenters. The van der Waals surface area contributed by atoms with Gasteiger partial charge in [-0.3, -0.25) is 0 Å². The number of piperidine rings is 1. The molecular formula is C16H26N4. The van der Waals surface area contributed by atoms with Crippen LogP contribution >= 0.6 is 0 Å². The van der Waals surface area contributed by atoms with Gasteiger partial charge in [0.2, 0.25) is 0 Å². The Hall–Kier alpha value is -1.13. The summed E-state index contributed by atoms with van der Waals surface area (Å²) in [7, 11) is 4.38. The summed E-state index contributed by atoms with van der Waals surface area (Å²) in [6, 6.07) is 5.73. The number of hydrogen-bond acceptors (Lipinski definition) is 4. The zero-order valence-corrected chi connectivity index (χ0v) is 12.7. The molecule has 1 unspecified atom stereocenters. The second kappa shape index (κ2) is 6.10. The van der Waals surface area contributed by atoms with Gasteiger partial charge in [0.25, 0.3) is 0 Å². The molecule has 2 aliphatic rings. The van der Waals surface area contributed by atoms with Crippen LogP contribution in [0.15, 0.2) is 18.3 Å². The average Bonchev–Trinajstić information content (AvgIpc) is 3.29. The highest BCUT2D eigenvalue weighted by Crippen LogP contribution is 2.21. The summed E-state index contributed by atoms with van der Waals surface area (Å²) >= 11 is 0. The van der Waals surface area contributed by atoms with Crippen molar-refractivity contribution < 1.29 is 0 Å². The van der Waals surface area contributed by atoms with Gasteiger partial charge in [-0.15, -0.1) is 0 Å². The van der Waals surface area contributed by atoms with E-state index >= 15 is 0 Å². The maximum Gasteiger partial charge on any atom is 0.128 e. The third kappa shape index (κ3) is 3.49. The highest BCUT2D eigenvalue weighted by Gasteiger charge is 2.22. The molecule has 1 aliphatic carbocycles. The van der Waals surface area contributed by atoms with Crippen LogP contribution in [0, 0.1) is 0 Å². The molecule has 110 valence electrons. The fourth-order valence-corrected chi connectivity index (χ4v) is 2.92. The lowest BCUT2D eigenvalue weighted by Crippen LogP contribution is -2.45. The van der Waals surface area contributed by atoms with E-state index in [1.165, 1.54) is 37.8 Å². The average molecular weight is 274 g/mol. The first-order valence-corrected chi connectivity index (χ1v) is 7.82. The molecule has 0 bridgehead atoms. The third-order valence-corrected chi connectivity index (χ3v) is 4.49. The van der Waals surface area contributed by atoms with Crippen LogP contribution in [0.4, 0.5) is 5.82 Å². The van der Waals surface area contributed by atoms with E-state index in [2.05, 4.69) is 46.3 Å². The molecule has 1 saturated carbocycles. The van der Waals surface area contributed by atoms with Gasteiger partial charge in [-0.05, 0) is 50.9 Å². The summed E-state index contributed by atoms with van der Waals surface area (Å²) in [5.41, 5.74) is 1.29. The predicted molar refractivity (Wildman–Crippen MR) is 83.0 cm³/mol. The van der Waals surface area contributed by atoms with Crippen LogP contribution in [0.2, 0.25) is 0 Å². The largest absolute Gasteiger partial charge is 0.355 e. The van der Waals surface area contributed by atoms with Crippen molar-refractivity contribution in [3.63, 3.8) is 0 Å². The van der Waals surface area contributed by atoms with E-state index in [0.29, 0.717) is 6.04 Å². The van der Waals surface area contributed by atoms with Gasteiger partial charge >= 0.3 is 0 Å². The Balaban J connectivity index is 1.57. The fourth-order valence-electron chi connectivity index (χ4n) is 2.92. The number of likely N-dealkylation sites (tertiary alicyclic amines) is 1. The van der Waals surface area contributed by atoms with Gasteiger partial charge in [-0.2, -0.15) is 0 Å². The molecular weight excluding hydrogens is 248 g/mol. The van der Waals surface area contributed by atoms with E-state index in [-0.39, 0.29) is 0 Å². The molecule has 4 heteroatoms. The number of anilines is 1. The number of likely N-dealkylation sites (N-methyl/N-ethyl adjacent to an activating group) is 2. The Kier molecular flexibility index (Phi) is 4.22. The second-order valence-corrected chi connectivity index (χ2v) is 6.35. The number of rotatable bonds is 5. The van der Waals surface area contributed by atoms with Crippen LogP contribution in [0.3, 0.4) is 0 Å². The standard InChI is InChI=1S/C16H26N4/c1-19-9-3-4-15(12-19)20(2)16-8-5-13(11-18-16)10-17-14-6-7-14/h5,8,11,14-15,17H,3-4,6-7,9-10,12H2,1-2H3. The summed E-state index contributed by atoms with van der Waals surface area (Å²) in [6.07, 6.45) is 7.25. The molecule has 2 fully saturated rings. The third-order valence-electron chi connectivity index (χ3n) is 4.49. The van der Waals surface area contributed by atoms with Crippen molar-refractivity contribution in [1.82, 2.24) is 15.2 Å². The van der Waals surface area contributed by atoms with Crippen molar-refractivity contribution >= 4 is 5.82 Å². The van der Waals surface area contributed by atoms with E-state index < -0.39 is 0 Å². The molecule has 0 spiro atoms. The van der Waals surface area contributed by atoms with Crippen LogP contribution in [0.1, 0.15) is 31.2 Å². The first-order chi connectivity index (χ1) is 9.72. The molecule has 1 aliphatic heterocycles. The van der Waals surface area contributed by atoms with Crippen molar-refractivity contribution in [3.8, 4) is 0 Å². The minimum absolute atomic E-state index is 0.594. The number of nitrogens with zero attached hydrogens (tertiary/aromatic N) is 3. The van der Waals surface area contributed by atoms with Crippen molar-refractivity contribution in [2.45, 2.75) is 44.3 Å². The highest BCUT2D eigenvalue weighted by molar-refractivity contribution is 5.39. The number of nitrogens with one attached hydrogen (secondary N) is 1. The quantitative estimate of drug-likeness (QED) is 0.888. The van der Waals surface area contributed by atoms with Crippen LogP contribution in [-0.4, -0.2) is 49.2 Å². The first-order valence-electron chi connectivity index (χ1n) is 7.82. The molecule has 2 heterocycles. The maximum atomic E-state index is 4.64. The maximum absolute atomic E-state index is 4.64. The van der Waals surface area contributed by atoms with Crippen LogP contribution in [0.25, 0.3) is 0 Å². The lowest BCUT2D eigenvalue weighted by atomic mass is 10.1. The highest BCUT2D eigenvalue weighted by atomic mass is 15.2. The summed E-state index contributed by atoms with van der Waals surface area (Å²) in [6.45, 7) is 3.32. The fraction of sp³-hybridized carbons (Fsp3) is 0.688. The SMILES string of the molecule is CN1CCCC(N(C)c2ccc(CNC3CC3)cn2)C1. The molecule has 3 rings (SSSR count). The Morgan fingerprint density at radius 1 is 1.35 bits per heavy atom. The Labute approximate surface area is 122 Å².